The molecule has 0 radical (unpaired) electrons. The van der Waals surface area contributed by atoms with Gasteiger partial charge in [-0.3, -0.25) is 14.4 Å². The molecule has 6 heteroatoms. The molecule has 0 saturated carbocycles. The molecule has 0 aliphatic carbocycles. The van der Waals surface area contributed by atoms with Gasteiger partial charge in [0.1, 0.15) is 13.2 Å². The Balaban J connectivity index is 4.64. The molecule has 0 aliphatic rings. The van der Waals surface area contributed by atoms with Crippen LogP contribution in [0.1, 0.15) is 201 Å². The fourth-order valence-corrected chi connectivity index (χ4v) is 6.86. The van der Waals surface area contributed by atoms with Gasteiger partial charge in [-0.2, -0.15) is 0 Å². The van der Waals surface area contributed by atoms with E-state index in [0.717, 1.165) is 141 Å². The third kappa shape index (κ3) is 59.0. The Hall–Kier alpha value is -5.75. The Bertz CT molecular complexity index is 1850. The summed E-state index contributed by atoms with van der Waals surface area (Å²) in [5.41, 5.74) is 0. The van der Waals surface area contributed by atoms with Gasteiger partial charge in [0, 0.05) is 19.3 Å². The Labute approximate surface area is 458 Å². The highest BCUT2D eigenvalue weighted by atomic mass is 16.6. The monoisotopic (exact) mass is 1030 g/mol. The highest BCUT2D eigenvalue weighted by molar-refractivity contribution is 5.71. The fourth-order valence-electron chi connectivity index (χ4n) is 6.86. The zero-order valence-electron chi connectivity index (χ0n) is 47.2. The van der Waals surface area contributed by atoms with Gasteiger partial charge in [0.25, 0.3) is 0 Å². The van der Waals surface area contributed by atoms with Crippen LogP contribution in [0.25, 0.3) is 0 Å². The van der Waals surface area contributed by atoms with Crippen molar-refractivity contribution in [3.8, 4) is 0 Å². The topological polar surface area (TPSA) is 78.9 Å². The first-order chi connectivity index (χ1) is 37.0. The number of unbranched alkanes of at least 4 members (excludes halogenated alkanes) is 6. The lowest BCUT2D eigenvalue weighted by atomic mass is 10.1. The van der Waals surface area contributed by atoms with Gasteiger partial charge in [0.15, 0.2) is 6.10 Å². The molecule has 0 bridgehead atoms. The molecular formula is C69H102O6. The summed E-state index contributed by atoms with van der Waals surface area (Å²) in [7, 11) is 0. The molecule has 0 amide bonds. The summed E-state index contributed by atoms with van der Waals surface area (Å²) in [5, 5.41) is 0. The lowest BCUT2D eigenvalue weighted by Crippen LogP contribution is -2.30. The van der Waals surface area contributed by atoms with Crippen molar-refractivity contribution in [1.82, 2.24) is 0 Å². The normalized spacial score (nSPS) is 13.6. The third-order valence-corrected chi connectivity index (χ3v) is 11.1. The van der Waals surface area contributed by atoms with E-state index in [1.54, 1.807) is 0 Å². The molecule has 0 aliphatic heterocycles. The van der Waals surface area contributed by atoms with Gasteiger partial charge in [0.05, 0.1) is 0 Å². The minimum atomic E-state index is -0.850. The van der Waals surface area contributed by atoms with Crippen LogP contribution in [0, 0.1) is 0 Å². The van der Waals surface area contributed by atoms with Crippen molar-refractivity contribution < 1.29 is 28.6 Å². The Morgan fingerprint density at radius 3 is 0.800 bits per heavy atom. The molecule has 0 saturated heterocycles. The van der Waals surface area contributed by atoms with E-state index in [-0.39, 0.29) is 50.4 Å². The van der Waals surface area contributed by atoms with E-state index in [1.165, 1.54) is 0 Å². The molecule has 0 spiro atoms. The van der Waals surface area contributed by atoms with Crippen molar-refractivity contribution in [2.75, 3.05) is 13.2 Å². The summed E-state index contributed by atoms with van der Waals surface area (Å²) < 4.78 is 16.7. The maximum Gasteiger partial charge on any atom is 0.306 e. The zero-order valence-corrected chi connectivity index (χ0v) is 47.2. The van der Waals surface area contributed by atoms with Gasteiger partial charge in [0.2, 0.25) is 0 Å². The van der Waals surface area contributed by atoms with E-state index in [4.69, 9.17) is 14.2 Å². The van der Waals surface area contributed by atoms with Crippen LogP contribution in [0.3, 0.4) is 0 Å². The van der Waals surface area contributed by atoms with Crippen molar-refractivity contribution in [2.24, 2.45) is 0 Å². The highest BCUT2D eigenvalue weighted by Crippen LogP contribution is 2.10. The molecule has 414 valence electrons. The van der Waals surface area contributed by atoms with E-state index in [9.17, 15) is 14.4 Å². The van der Waals surface area contributed by atoms with E-state index >= 15 is 0 Å². The number of ether oxygens (including phenoxy) is 3. The maximum absolute atomic E-state index is 12.9. The van der Waals surface area contributed by atoms with E-state index in [1.807, 2.05) is 0 Å². The minimum absolute atomic E-state index is 0.143. The number of rotatable bonds is 49. The Morgan fingerprint density at radius 1 is 0.267 bits per heavy atom. The number of carbonyl (C=O) groups excluding carboxylic acids is 3. The van der Waals surface area contributed by atoms with Gasteiger partial charge in [-0.05, 0) is 154 Å². The summed E-state index contributed by atoms with van der Waals surface area (Å²) in [5.74, 6) is -1.09. The molecule has 0 heterocycles. The first-order valence-corrected chi connectivity index (χ1v) is 28.9. The second-order valence-corrected chi connectivity index (χ2v) is 18.0. The summed E-state index contributed by atoms with van der Waals surface area (Å²) in [4.78, 5) is 38.2. The molecule has 0 rings (SSSR count). The van der Waals surface area contributed by atoms with Crippen molar-refractivity contribution in [3.05, 3.63) is 194 Å². The predicted octanol–water partition coefficient (Wildman–Crippen LogP) is 19.9. The number of carbonyl (C=O) groups is 3. The molecule has 75 heavy (non-hydrogen) atoms. The summed E-state index contributed by atoms with van der Waals surface area (Å²) in [6.45, 7) is 6.15. The second kappa shape index (κ2) is 60.8. The molecule has 0 fully saturated rings. The molecule has 0 aromatic carbocycles. The van der Waals surface area contributed by atoms with Crippen LogP contribution < -0.4 is 0 Å². The van der Waals surface area contributed by atoms with Gasteiger partial charge in [-0.1, -0.05) is 222 Å². The Kier molecular flexibility index (Phi) is 56.1. The maximum atomic E-state index is 12.9. The SMILES string of the molecule is CC/C=C\C/C=C\C/C=C\C/C=C\C/C=C\C/C=C\C/C=C\CCCC(=O)OCC(COC(=O)CCCC/C=C\C/C=C\C/C=C\C/C=C\CC)OC(=O)CCCCC/C=C\C/C=C\C/C=C\C/C=C\C/C=C\CC. The first-order valence-electron chi connectivity index (χ1n) is 28.9. The molecular weight excluding hydrogens is 925 g/mol. The molecule has 6 nitrogen and oxygen atoms in total. The second-order valence-electron chi connectivity index (χ2n) is 18.0. The number of hydrogen-bond acceptors (Lipinski definition) is 6. The average Bonchev–Trinajstić information content (AvgIpc) is 3.41. The van der Waals surface area contributed by atoms with E-state index in [2.05, 4.69) is 215 Å². The quantitative estimate of drug-likeness (QED) is 0.0261. The highest BCUT2D eigenvalue weighted by Gasteiger charge is 2.19. The summed E-state index contributed by atoms with van der Waals surface area (Å²) >= 11 is 0. The lowest BCUT2D eigenvalue weighted by Gasteiger charge is -2.18. The van der Waals surface area contributed by atoms with E-state index < -0.39 is 6.10 Å². The van der Waals surface area contributed by atoms with E-state index in [0.29, 0.717) is 19.3 Å². The minimum Gasteiger partial charge on any atom is -0.462 e. The zero-order chi connectivity index (χ0) is 54.3. The van der Waals surface area contributed by atoms with Crippen molar-refractivity contribution in [3.63, 3.8) is 0 Å². The van der Waals surface area contributed by atoms with Crippen molar-refractivity contribution in [1.29, 1.82) is 0 Å². The van der Waals surface area contributed by atoms with Gasteiger partial charge < -0.3 is 14.2 Å². The molecule has 1 unspecified atom stereocenters. The summed E-state index contributed by atoms with van der Waals surface area (Å²) in [6.07, 6.45) is 92.8. The van der Waals surface area contributed by atoms with Crippen LogP contribution in [-0.2, 0) is 28.6 Å². The van der Waals surface area contributed by atoms with Crippen LogP contribution in [-0.4, -0.2) is 37.2 Å². The van der Waals surface area contributed by atoms with Crippen LogP contribution >= 0.6 is 0 Å². The van der Waals surface area contributed by atoms with Gasteiger partial charge in [-0.15, -0.1) is 0 Å². The fraction of sp³-hybridized carbons (Fsp3) is 0.493. The molecule has 0 aromatic heterocycles. The van der Waals surface area contributed by atoms with Gasteiger partial charge in [-0.25, -0.2) is 0 Å². The average molecular weight is 1030 g/mol. The summed E-state index contributed by atoms with van der Waals surface area (Å²) in [6, 6.07) is 0. The smallest absolute Gasteiger partial charge is 0.306 e. The van der Waals surface area contributed by atoms with Crippen LogP contribution in [0.2, 0.25) is 0 Å². The Morgan fingerprint density at radius 2 is 0.493 bits per heavy atom. The van der Waals surface area contributed by atoms with Crippen LogP contribution in [0.5, 0.6) is 0 Å². The van der Waals surface area contributed by atoms with Gasteiger partial charge >= 0.3 is 17.9 Å². The third-order valence-electron chi connectivity index (χ3n) is 11.1. The number of esters is 3. The van der Waals surface area contributed by atoms with Crippen LogP contribution in [0.15, 0.2) is 194 Å². The van der Waals surface area contributed by atoms with Crippen molar-refractivity contribution in [2.45, 2.75) is 207 Å². The largest absolute Gasteiger partial charge is 0.462 e. The van der Waals surface area contributed by atoms with Crippen LogP contribution in [0.4, 0.5) is 0 Å². The molecule has 1 atom stereocenters. The standard InChI is InChI=1S/C69H102O6/c1-4-7-10-13-16-19-22-25-28-30-32-33-34-35-37-38-41-44-47-50-53-56-59-62-68(71)74-65-66(64-73-67(70)61-58-55-52-49-46-43-40-27-24-21-18-15-12-9-6-3)75-69(72)63-60-57-54-51-48-45-42-39-36-31-29-26-23-20-17-14-11-8-5-2/h7-12,16-21,25-29,32-33,35-37,39-41,44-46,48-50,53,66H,4-6,13-15,22-24,30-31,34,38,42-43,47,51-52,54-65H2,1-3H3/b10-7-,11-8-,12-9-,19-16-,20-17-,21-18-,28-25-,29-26-,33-32-,37-35-,39-36-,40-27-,44-41-,48-45-,49-46-,53-50-. The predicted molar refractivity (Wildman–Crippen MR) is 324 cm³/mol. The number of hydrogen-bond donors (Lipinski definition) is 0. The van der Waals surface area contributed by atoms with Crippen molar-refractivity contribution >= 4 is 17.9 Å². The lowest BCUT2D eigenvalue weighted by molar-refractivity contribution is -0.167. The number of allylic oxidation sites excluding steroid dienone is 32. The molecule has 0 aromatic rings. The molecule has 0 N–H and O–H groups in total. The first kappa shape index (κ1) is 69.2.